The molecule has 0 radical (unpaired) electrons. The summed E-state index contributed by atoms with van der Waals surface area (Å²) in [6.07, 6.45) is 4.92. The van der Waals surface area contributed by atoms with Crippen LogP contribution in [0.15, 0.2) is 0 Å². The Bertz CT molecular complexity index is 284. The fraction of sp³-hybridized carbons (Fsp3) is 0.929. The lowest BCUT2D eigenvalue weighted by Crippen LogP contribution is -2.48. The highest BCUT2D eigenvalue weighted by molar-refractivity contribution is 5.77. The number of hydrogen-bond donors (Lipinski definition) is 2. The van der Waals surface area contributed by atoms with E-state index in [0.717, 1.165) is 38.9 Å². The molecule has 1 atom stereocenters. The average Bonchev–Trinajstić information content (AvgIpc) is 2.90. The smallest absolute Gasteiger partial charge is 0.224 e. The number of nitrogens with one attached hydrogen (secondary N) is 1. The van der Waals surface area contributed by atoms with Crippen LogP contribution in [0.3, 0.4) is 0 Å². The first-order chi connectivity index (χ1) is 9.20. The minimum absolute atomic E-state index is 0.0656. The van der Waals surface area contributed by atoms with E-state index >= 15 is 0 Å². The molecule has 5 nitrogen and oxygen atoms in total. The number of hydrogen-bond acceptors (Lipinski definition) is 4. The molecule has 110 valence electrons. The van der Waals surface area contributed by atoms with Gasteiger partial charge in [0.25, 0.3) is 0 Å². The molecule has 2 rings (SSSR count). The summed E-state index contributed by atoms with van der Waals surface area (Å²) in [5, 5.41) is 12.6. The maximum atomic E-state index is 12.4. The largest absolute Gasteiger partial charge is 0.395 e. The maximum Gasteiger partial charge on any atom is 0.224 e. The van der Waals surface area contributed by atoms with Crippen LogP contribution in [0, 0.1) is 0 Å². The molecule has 0 saturated carbocycles. The zero-order valence-corrected chi connectivity index (χ0v) is 12.0. The lowest BCUT2D eigenvalue weighted by Gasteiger charge is -2.37. The number of rotatable bonds is 5. The van der Waals surface area contributed by atoms with Crippen molar-refractivity contribution in [2.24, 2.45) is 0 Å². The van der Waals surface area contributed by atoms with Crippen molar-refractivity contribution in [2.75, 3.05) is 39.8 Å². The van der Waals surface area contributed by atoms with Gasteiger partial charge in [0.05, 0.1) is 6.61 Å². The lowest BCUT2D eigenvalue weighted by atomic mass is 10.0. The fourth-order valence-corrected chi connectivity index (χ4v) is 3.18. The van der Waals surface area contributed by atoms with Gasteiger partial charge in [-0.3, -0.25) is 4.79 Å². The van der Waals surface area contributed by atoms with E-state index < -0.39 is 0 Å². The number of carbonyl (C=O) groups is 1. The maximum absolute atomic E-state index is 12.4. The first kappa shape index (κ1) is 14.8. The van der Waals surface area contributed by atoms with Crippen molar-refractivity contribution in [3.63, 3.8) is 0 Å². The van der Waals surface area contributed by atoms with Crippen LogP contribution in [0.25, 0.3) is 0 Å². The molecule has 0 aromatic rings. The number of aliphatic hydroxyl groups is 1. The zero-order valence-electron chi connectivity index (χ0n) is 12.0. The van der Waals surface area contributed by atoms with Crippen molar-refractivity contribution in [1.29, 1.82) is 0 Å². The highest BCUT2D eigenvalue weighted by atomic mass is 16.3. The van der Waals surface area contributed by atoms with Crippen molar-refractivity contribution in [3.8, 4) is 0 Å². The highest BCUT2D eigenvalue weighted by Gasteiger charge is 2.28. The van der Waals surface area contributed by atoms with Gasteiger partial charge in [-0.25, -0.2) is 0 Å². The van der Waals surface area contributed by atoms with Gasteiger partial charge < -0.3 is 20.2 Å². The second-order valence-corrected chi connectivity index (χ2v) is 5.84. The van der Waals surface area contributed by atoms with Crippen molar-refractivity contribution in [2.45, 2.75) is 44.2 Å². The highest BCUT2D eigenvalue weighted by Crippen LogP contribution is 2.18. The minimum Gasteiger partial charge on any atom is -0.395 e. The van der Waals surface area contributed by atoms with E-state index in [1.807, 2.05) is 4.90 Å². The predicted molar refractivity (Wildman–Crippen MR) is 75.0 cm³/mol. The molecule has 2 fully saturated rings. The van der Waals surface area contributed by atoms with E-state index in [0.29, 0.717) is 25.0 Å². The van der Waals surface area contributed by atoms with Crippen LogP contribution in [0.5, 0.6) is 0 Å². The second kappa shape index (κ2) is 7.22. The van der Waals surface area contributed by atoms with Crippen LogP contribution in [-0.2, 0) is 4.79 Å². The normalized spacial score (nSPS) is 25.7. The fourth-order valence-electron chi connectivity index (χ4n) is 3.18. The first-order valence-corrected chi connectivity index (χ1v) is 7.53. The molecule has 2 aliphatic heterocycles. The van der Waals surface area contributed by atoms with E-state index in [2.05, 4.69) is 17.3 Å². The summed E-state index contributed by atoms with van der Waals surface area (Å²) in [5.74, 6) is 0.211. The number of carbonyl (C=O) groups excluding carboxylic acids is 1. The monoisotopic (exact) mass is 269 g/mol. The van der Waals surface area contributed by atoms with E-state index in [1.165, 1.54) is 6.42 Å². The SMILES string of the molecule is CN1CCC(N(CCO)C(=O)CC2CCCN2)CC1. The molecule has 2 N–H and O–H groups in total. The van der Waals surface area contributed by atoms with Gasteiger partial charge in [0.1, 0.15) is 0 Å². The topological polar surface area (TPSA) is 55.8 Å². The van der Waals surface area contributed by atoms with E-state index in [9.17, 15) is 9.90 Å². The molecule has 19 heavy (non-hydrogen) atoms. The molecule has 0 aliphatic carbocycles. The zero-order chi connectivity index (χ0) is 13.7. The van der Waals surface area contributed by atoms with E-state index in [4.69, 9.17) is 0 Å². The van der Waals surface area contributed by atoms with Crippen LogP contribution in [0.4, 0.5) is 0 Å². The molecule has 2 saturated heterocycles. The second-order valence-electron chi connectivity index (χ2n) is 5.84. The van der Waals surface area contributed by atoms with Gasteiger partial charge in [0, 0.05) is 25.0 Å². The van der Waals surface area contributed by atoms with Gasteiger partial charge in [0.2, 0.25) is 5.91 Å². The van der Waals surface area contributed by atoms with Gasteiger partial charge in [-0.1, -0.05) is 0 Å². The number of amides is 1. The van der Waals surface area contributed by atoms with Crippen LogP contribution < -0.4 is 5.32 Å². The molecule has 5 heteroatoms. The molecule has 0 aromatic carbocycles. The van der Waals surface area contributed by atoms with Crippen molar-refractivity contribution in [3.05, 3.63) is 0 Å². The minimum atomic E-state index is 0.0656. The summed E-state index contributed by atoms with van der Waals surface area (Å²) < 4.78 is 0. The predicted octanol–water partition coefficient (Wildman–Crippen LogP) is 0.0436. The Morgan fingerprint density at radius 3 is 2.68 bits per heavy atom. The Hall–Kier alpha value is -0.650. The average molecular weight is 269 g/mol. The number of likely N-dealkylation sites (tertiary alicyclic amines) is 1. The third kappa shape index (κ3) is 4.16. The molecule has 0 aromatic heterocycles. The Morgan fingerprint density at radius 2 is 2.11 bits per heavy atom. The number of nitrogens with zero attached hydrogens (tertiary/aromatic N) is 2. The number of aliphatic hydroxyl groups excluding tert-OH is 1. The molecule has 1 amide bonds. The third-order valence-electron chi connectivity index (χ3n) is 4.37. The van der Waals surface area contributed by atoms with Gasteiger partial charge in [-0.15, -0.1) is 0 Å². The molecular formula is C14H27N3O2. The Balaban J connectivity index is 1.88. The van der Waals surface area contributed by atoms with Crippen LogP contribution >= 0.6 is 0 Å². The molecule has 1 unspecified atom stereocenters. The van der Waals surface area contributed by atoms with Crippen LogP contribution in [-0.4, -0.2) is 72.7 Å². The van der Waals surface area contributed by atoms with Crippen molar-refractivity contribution in [1.82, 2.24) is 15.1 Å². The summed E-state index contributed by atoms with van der Waals surface area (Å²) in [6, 6.07) is 0.664. The van der Waals surface area contributed by atoms with Gasteiger partial charge in [-0.05, 0) is 52.4 Å². The van der Waals surface area contributed by atoms with E-state index in [1.54, 1.807) is 0 Å². The summed E-state index contributed by atoms with van der Waals surface area (Å²) in [7, 11) is 2.12. The standard InChI is InChI=1S/C14H27N3O2/c1-16-7-4-13(5-8-16)17(9-10-18)14(19)11-12-3-2-6-15-12/h12-13,15,18H,2-11H2,1H3. The summed E-state index contributed by atoms with van der Waals surface area (Å²) in [4.78, 5) is 16.7. The van der Waals surface area contributed by atoms with Crippen molar-refractivity contribution >= 4 is 5.91 Å². The molecule has 0 spiro atoms. The Labute approximate surface area is 115 Å². The molecule has 0 bridgehead atoms. The first-order valence-electron chi connectivity index (χ1n) is 7.53. The molecule has 2 aliphatic rings. The van der Waals surface area contributed by atoms with Crippen molar-refractivity contribution < 1.29 is 9.90 Å². The van der Waals surface area contributed by atoms with Gasteiger partial charge >= 0.3 is 0 Å². The van der Waals surface area contributed by atoms with Crippen LogP contribution in [0.1, 0.15) is 32.1 Å². The summed E-state index contributed by atoms with van der Waals surface area (Å²) in [6.45, 7) is 3.67. The molecular weight excluding hydrogens is 242 g/mol. The van der Waals surface area contributed by atoms with E-state index in [-0.39, 0.29) is 12.5 Å². The third-order valence-corrected chi connectivity index (χ3v) is 4.37. The molecule has 2 heterocycles. The van der Waals surface area contributed by atoms with Gasteiger partial charge in [0.15, 0.2) is 0 Å². The quantitative estimate of drug-likeness (QED) is 0.740. The Morgan fingerprint density at radius 1 is 1.37 bits per heavy atom. The van der Waals surface area contributed by atoms with Crippen LogP contribution in [0.2, 0.25) is 0 Å². The Kier molecular flexibility index (Phi) is 5.60. The van der Waals surface area contributed by atoms with Gasteiger partial charge in [-0.2, -0.15) is 0 Å². The summed E-state index contributed by atoms with van der Waals surface area (Å²) >= 11 is 0. The lowest BCUT2D eigenvalue weighted by molar-refractivity contribution is -0.135. The number of piperidine rings is 1. The summed E-state index contributed by atoms with van der Waals surface area (Å²) in [5.41, 5.74) is 0.